The van der Waals surface area contributed by atoms with Crippen LogP contribution < -0.4 is 5.73 Å². The molecule has 2 aromatic rings. The topological polar surface area (TPSA) is 62.7 Å². The minimum atomic E-state index is 0.366. The number of anilines is 1. The molecule has 0 bridgehead atoms. The molecule has 0 atom stereocenters. The number of pyridine rings is 1. The maximum Gasteiger partial charge on any atom is 0.142 e. The van der Waals surface area contributed by atoms with Crippen molar-refractivity contribution in [2.45, 2.75) is 19.1 Å². The van der Waals surface area contributed by atoms with Gasteiger partial charge < -0.3 is 5.73 Å². The van der Waals surface area contributed by atoms with Gasteiger partial charge in [0.25, 0.3) is 0 Å². The predicted octanol–water partition coefficient (Wildman–Crippen LogP) is 3.36. The predicted molar refractivity (Wildman–Crippen MR) is 81.3 cm³/mol. The van der Waals surface area contributed by atoms with Crippen LogP contribution >= 0.6 is 23.1 Å². The standard InChI is InChI=1S/C14H13N3S2/c1-8-2-3-12(19-8)13-9-4-5-18-7-11(9)17-14(16)10(13)6-15/h2-3H,4-5,7H2,1H3,(H2,16,17). The fraction of sp³-hybridized carbons (Fsp3) is 0.286. The molecule has 2 N–H and O–H groups in total. The second-order valence-corrected chi connectivity index (χ2v) is 6.89. The van der Waals surface area contributed by atoms with E-state index < -0.39 is 0 Å². The van der Waals surface area contributed by atoms with Crippen LogP contribution in [-0.2, 0) is 12.2 Å². The summed E-state index contributed by atoms with van der Waals surface area (Å²) in [5.41, 5.74) is 9.78. The van der Waals surface area contributed by atoms with E-state index in [1.807, 2.05) is 11.8 Å². The monoisotopic (exact) mass is 287 g/mol. The Morgan fingerprint density at radius 2 is 2.26 bits per heavy atom. The van der Waals surface area contributed by atoms with Gasteiger partial charge in [-0.05, 0) is 36.8 Å². The van der Waals surface area contributed by atoms with E-state index in [-0.39, 0.29) is 0 Å². The number of nitrogens with zero attached hydrogens (tertiary/aromatic N) is 2. The lowest BCUT2D eigenvalue weighted by molar-refractivity contribution is 1.02. The molecule has 0 amide bonds. The molecule has 3 rings (SSSR count). The smallest absolute Gasteiger partial charge is 0.142 e. The highest BCUT2D eigenvalue weighted by atomic mass is 32.2. The largest absolute Gasteiger partial charge is 0.383 e. The summed E-state index contributed by atoms with van der Waals surface area (Å²) < 4.78 is 0. The van der Waals surface area contributed by atoms with E-state index in [1.54, 1.807) is 11.3 Å². The number of hydrogen-bond acceptors (Lipinski definition) is 5. The Morgan fingerprint density at radius 1 is 1.42 bits per heavy atom. The highest BCUT2D eigenvalue weighted by Gasteiger charge is 2.22. The maximum atomic E-state index is 9.40. The molecule has 1 aliphatic rings. The van der Waals surface area contributed by atoms with Crippen molar-refractivity contribution in [1.29, 1.82) is 5.26 Å². The third-order valence-corrected chi connectivity index (χ3v) is 5.23. The minimum absolute atomic E-state index is 0.366. The van der Waals surface area contributed by atoms with Gasteiger partial charge in [-0.2, -0.15) is 17.0 Å². The first-order valence-electron chi connectivity index (χ1n) is 6.06. The second kappa shape index (κ2) is 4.87. The van der Waals surface area contributed by atoms with Crippen molar-refractivity contribution in [3.8, 4) is 16.5 Å². The Kier molecular flexibility index (Phi) is 3.21. The van der Waals surface area contributed by atoms with E-state index >= 15 is 0 Å². The van der Waals surface area contributed by atoms with Crippen LogP contribution in [0.4, 0.5) is 5.82 Å². The van der Waals surface area contributed by atoms with Crippen molar-refractivity contribution in [2.75, 3.05) is 11.5 Å². The van der Waals surface area contributed by atoms with Crippen LogP contribution in [0.3, 0.4) is 0 Å². The lowest BCUT2D eigenvalue weighted by Gasteiger charge is -2.19. The van der Waals surface area contributed by atoms with E-state index in [0.29, 0.717) is 11.4 Å². The van der Waals surface area contributed by atoms with Gasteiger partial charge in [-0.25, -0.2) is 4.98 Å². The fourth-order valence-electron chi connectivity index (χ4n) is 2.38. The van der Waals surface area contributed by atoms with Gasteiger partial charge >= 0.3 is 0 Å². The van der Waals surface area contributed by atoms with Crippen LogP contribution in [0.15, 0.2) is 12.1 Å². The number of hydrogen-bond donors (Lipinski definition) is 1. The molecule has 1 aliphatic heterocycles. The average molecular weight is 287 g/mol. The molecule has 2 aromatic heterocycles. The van der Waals surface area contributed by atoms with Crippen molar-refractivity contribution in [2.24, 2.45) is 0 Å². The highest BCUT2D eigenvalue weighted by molar-refractivity contribution is 7.98. The van der Waals surface area contributed by atoms with Crippen molar-refractivity contribution in [1.82, 2.24) is 4.98 Å². The van der Waals surface area contributed by atoms with E-state index in [4.69, 9.17) is 5.73 Å². The van der Waals surface area contributed by atoms with Gasteiger partial charge in [0.05, 0.1) is 5.69 Å². The van der Waals surface area contributed by atoms with E-state index in [9.17, 15) is 5.26 Å². The number of aromatic nitrogens is 1. The van der Waals surface area contributed by atoms with E-state index in [2.05, 4.69) is 30.1 Å². The summed E-state index contributed by atoms with van der Waals surface area (Å²) >= 11 is 3.58. The van der Waals surface area contributed by atoms with Gasteiger partial charge in [0.2, 0.25) is 0 Å². The zero-order chi connectivity index (χ0) is 13.4. The molecule has 19 heavy (non-hydrogen) atoms. The van der Waals surface area contributed by atoms with Crippen LogP contribution in [0.25, 0.3) is 10.4 Å². The fourth-order valence-corrected chi connectivity index (χ4v) is 4.25. The normalized spacial score (nSPS) is 13.9. The lowest BCUT2D eigenvalue weighted by Crippen LogP contribution is -2.11. The Labute approximate surface area is 120 Å². The van der Waals surface area contributed by atoms with Crippen LogP contribution in [0, 0.1) is 18.3 Å². The first-order chi connectivity index (χ1) is 9.20. The molecule has 0 fully saturated rings. The molecule has 0 saturated carbocycles. The molecule has 0 aromatic carbocycles. The summed E-state index contributed by atoms with van der Waals surface area (Å²) in [4.78, 5) is 6.79. The molecular weight excluding hydrogens is 274 g/mol. The summed E-state index contributed by atoms with van der Waals surface area (Å²) in [5, 5.41) is 9.40. The number of thiophene rings is 1. The maximum absolute atomic E-state index is 9.40. The Hall–Kier alpha value is -1.51. The van der Waals surface area contributed by atoms with E-state index in [1.165, 1.54) is 10.4 Å². The van der Waals surface area contributed by atoms with Gasteiger partial charge in [-0.3, -0.25) is 0 Å². The Bertz CT molecular complexity index is 683. The van der Waals surface area contributed by atoms with Crippen LogP contribution in [-0.4, -0.2) is 10.7 Å². The first kappa shape index (κ1) is 12.5. The summed E-state index contributed by atoms with van der Waals surface area (Å²) in [6.07, 6.45) is 0.967. The number of aryl methyl sites for hydroxylation is 1. The zero-order valence-electron chi connectivity index (χ0n) is 10.6. The molecular formula is C14H13N3S2. The average Bonchev–Trinajstić information content (AvgIpc) is 2.83. The summed E-state index contributed by atoms with van der Waals surface area (Å²) in [6.45, 7) is 2.08. The highest BCUT2D eigenvalue weighted by Crippen LogP contribution is 2.39. The van der Waals surface area contributed by atoms with Gasteiger partial charge in [-0.1, -0.05) is 0 Å². The minimum Gasteiger partial charge on any atom is -0.383 e. The number of nitriles is 1. The number of rotatable bonds is 1. The van der Waals surface area contributed by atoms with Gasteiger partial charge in [0, 0.05) is 21.1 Å². The molecule has 3 heterocycles. The van der Waals surface area contributed by atoms with Crippen LogP contribution in [0.1, 0.15) is 21.7 Å². The Balaban J connectivity index is 2.31. The number of fused-ring (bicyclic) bond motifs is 1. The number of nitrogen functional groups attached to an aromatic ring is 1. The van der Waals surface area contributed by atoms with Crippen molar-refractivity contribution in [3.63, 3.8) is 0 Å². The molecule has 3 nitrogen and oxygen atoms in total. The zero-order valence-corrected chi connectivity index (χ0v) is 12.2. The van der Waals surface area contributed by atoms with Crippen molar-refractivity contribution >= 4 is 28.9 Å². The molecule has 0 radical (unpaired) electrons. The first-order valence-corrected chi connectivity index (χ1v) is 8.03. The number of nitrogens with two attached hydrogens (primary N) is 1. The van der Waals surface area contributed by atoms with Crippen molar-refractivity contribution < 1.29 is 0 Å². The molecule has 0 unspecified atom stereocenters. The Morgan fingerprint density at radius 3 is 2.95 bits per heavy atom. The SMILES string of the molecule is Cc1ccc(-c2c(C#N)c(N)nc3c2CCSC3)s1. The molecule has 0 aliphatic carbocycles. The lowest BCUT2D eigenvalue weighted by atomic mass is 9.97. The van der Waals surface area contributed by atoms with Crippen LogP contribution in [0.2, 0.25) is 0 Å². The summed E-state index contributed by atoms with van der Waals surface area (Å²) in [7, 11) is 0. The summed E-state index contributed by atoms with van der Waals surface area (Å²) in [5.74, 6) is 2.34. The van der Waals surface area contributed by atoms with E-state index in [0.717, 1.165) is 34.1 Å². The molecule has 5 heteroatoms. The molecule has 0 saturated heterocycles. The van der Waals surface area contributed by atoms with Gasteiger partial charge in [-0.15, -0.1) is 11.3 Å². The third kappa shape index (κ3) is 2.11. The number of thioether (sulfide) groups is 1. The molecule has 0 spiro atoms. The second-order valence-electron chi connectivity index (χ2n) is 4.50. The van der Waals surface area contributed by atoms with Crippen LogP contribution in [0.5, 0.6) is 0 Å². The van der Waals surface area contributed by atoms with Crippen molar-refractivity contribution in [3.05, 3.63) is 33.8 Å². The summed E-state index contributed by atoms with van der Waals surface area (Å²) in [6, 6.07) is 6.40. The van der Waals surface area contributed by atoms with Gasteiger partial charge in [0.15, 0.2) is 0 Å². The van der Waals surface area contributed by atoms with Gasteiger partial charge in [0.1, 0.15) is 17.5 Å². The quantitative estimate of drug-likeness (QED) is 0.873. The molecule has 96 valence electrons. The third-order valence-electron chi connectivity index (χ3n) is 3.25.